The molecule has 1 amide bonds. The Labute approximate surface area is 170 Å². The van der Waals surface area contributed by atoms with Crippen LogP contribution < -0.4 is 10.1 Å². The van der Waals surface area contributed by atoms with E-state index in [0.29, 0.717) is 5.69 Å². The highest BCUT2D eigenvalue weighted by Crippen LogP contribution is 2.27. The van der Waals surface area contributed by atoms with Gasteiger partial charge in [0.2, 0.25) is 10.0 Å². The molecule has 156 valence electrons. The molecule has 0 unspecified atom stereocenters. The molecule has 9 heteroatoms. The molecule has 2 aromatic carbocycles. The highest BCUT2D eigenvalue weighted by molar-refractivity contribution is 7.89. The van der Waals surface area contributed by atoms with Crippen molar-refractivity contribution < 1.29 is 27.5 Å². The first kappa shape index (κ1) is 22.4. The van der Waals surface area contributed by atoms with E-state index in [4.69, 9.17) is 9.47 Å². The second-order valence-electron chi connectivity index (χ2n) is 6.56. The van der Waals surface area contributed by atoms with Crippen molar-refractivity contribution in [3.63, 3.8) is 0 Å². The smallest absolute Gasteiger partial charge is 0.338 e. The number of esters is 1. The molecule has 1 atom stereocenters. The Morgan fingerprint density at radius 3 is 2.38 bits per heavy atom. The lowest BCUT2D eigenvalue weighted by molar-refractivity contribution is -0.123. The fraction of sp³-hybridized carbons (Fsp3) is 0.300. The fourth-order valence-corrected chi connectivity index (χ4v) is 3.53. The van der Waals surface area contributed by atoms with Gasteiger partial charge in [0.15, 0.2) is 6.10 Å². The van der Waals surface area contributed by atoms with Crippen LogP contribution in [0.5, 0.6) is 5.75 Å². The van der Waals surface area contributed by atoms with Crippen LogP contribution in [0.15, 0.2) is 47.4 Å². The number of ether oxygens (including phenoxy) is 2. The number of nitrogens with zero attached hydrogens (tertiary/aromatic N) is 1. The number of benzene rings is 2. The Morgan fingerprint density at radius 2 is 1.79 bits per heavy atom. The second-order valence-corrected chi connectivity index (χ2v) is 8.68. The number of hydrogen-bond acceptors (Lipinski definition) is 6. The van der Waals surface area contributed by atoms with E-state index in [1.54, 1.807) is 18.2 Å². The van der Waals surface area contributed by atoms with Gasteiger partial charge in [0, 0.05) is 19.8 Å². The number of carbonyl (C=O) groups is 2. The normalized spacial score (nSPS) is 12.3. The Morgan fingerprint density at radius 1 is 1.10 bits per heavy atom. The maximum Gasteiger partial charge on any atom is 0.338 e. The molecule has 29 heavy (non-hydrogen) atoms. The largest absolute Gasteiger partial charge is 0.495 e. The van der Waals surface area contributed by atoms with Gasteiger partial charge in [-0.25, -0.2) is 17.5 Å². The number of methoxy groups -OCH3 is 1. The quantitative estimate of drug-likeness (QED) is 0.691. The molecule has 0 fully saturated rings. The molecule has 2 rings (SSSR count). The maximum absolute atomic E-state index is 12.5. The van der Waals surface area contributed by atoms with Crippen molar-refractivity contribution >= 4 is 27.6 Å². The van der Waals surface area contributed by atoms with Crippen molar-refractivity contribution in [1.82, 2.24) is 4.31 Å². The van der Waals surface area contributed by atoms with Crippen LogP contribution in [-0.2, 0) is 19.6 Å². The van der Waals surface area contributed by atoms with Crippen LogP contribution in [-0.4, -0.2) is 51.9 Å². The lowest BCUT2D eigenvalue weighted by Crippen LogP contribution is -2.30. The molecule has 8 nitrogen and oxygen atoms in total. The first-order valence-corrected chi connectivity index (χ1v) is 10.2. The number of carbonyl (C=O) groups excluding carboxylic acids is 2. The van der Waals surface area contributed by atoms with Crippen LogP contribution in [0.4, 0.5) is 5.69 Å². The molecule has 0 aliphatic rings. The predicted molar refractivity (Wildman–Crippen MR) is 109 cm³/mol. The van der Waals surface area contributed by atoms with Gasteiger partial charge in [-0.15, -0.1) is 0 Å². The van der Waals surface area contributed by atoms with E-state index >= 15 is 0 Å². The molecular formula is C20H24N2O6S. The first-order chi connectivity index (χ1) is 13.6. The van der Waals surface area contributed by atoms with E-state index in [1.165, 1.54) is 46.3 Å². The van der Waals surface area contributed by atoms with E-state index in [2.05, 4.69) is 5.32 Å². The number of sulfonamides is 1. The fourth-order valence-electron chi connectivity index (χ4n) is 2.45. The van der Waals surface area contributed by atoms with Gasteiger partial charge < -0.3 is 14.8 Å². The zero-order chi connectivity index (χ0) is 21.8. The van der Waals surface area contributed by atoms with E-state index in [1.807, 2.05) is 13.0 Å². The topological polar surface area (TPSA) is 102 Å². The minimum Gasteiger partial charge on any atom is -0.495 e. The number of hydrogen-bond donors (Lipinski definition) is 1. The lowest BCUT2D eigenvalue weighted by Gasteiger charge is -2.17. The molecule has 0 bridgehead atoms. The predicted octanol–water partition coefficient (Wildman–Crippen LogP) is 2.44. The molecule has 0 heterocycles. The average molecular weight is 420 g/mol. The minimum atomic E-state index is -3.84. The molecule has 0 aliphatic carbocycles. The zero-order valence-electron chi connectivity index (χ0n) is 16.9. The summed E-state index contributed by atoms with van der Waals surface area (Å²) in [6, 6.07) is 11.1. The van der Waals surface area contributed by atoms with Gasteiger partial charge in [-0.3, -0.25) is 4.79 Å². The van der Waals surface area contributed by atoms with Crippen LogP contribution in [0.3, 0.4) is 0 Å². The van der Waals surface area contributed by atoms with Crippen molar-refractivity contribution in [3.05, 3.63) is 53.6 Å². The molecule has 0 saturated heterocycles. The summed E-state index contributed by atoms with van der Waals surface area (Å²) in [5, 5.41) is 2.67. The van der Waals surface area contributed by atoms with Gasteiger partial charge in [0.25, 0.3) is 5.91 Å². The van der Waals surface area contributed by atoms with Gasteiger partial charge in [-0.1, -0.05) is 12.1 Å². The van der Waals surface area contributed by atoms with Crippen LogP contribution in [0, 0.1) is 6.92 Å². The van der Waals surface area contributed by atoms with Crippen molar-refractivity contribution in [2.45, 2.75) is 24.8 Å². The highest BCUT2D eigenvalue weighted by Gasteiger charge is 2.25. The number of amides is 1. The summed E-state index contributed by atoms with van der Waals surface area (Å²) >= 11 is 0. The third-order valence-electron chi connectivity index (χ3n) is 4.10. The van der Waals surface area contributed by atoms with Crippen LogP contribution in [0.2, 0.25) is 0 Å². The van der Waals surface area contributed by atoms with Crippen LogP contribution in [0.1, 0.15) is 22.8 Å². The summed E-state index contributed by atoms with van der Waals surface area (Å²) in [6.07, 6.45) is -1.08. The molecule has 0 aromatic heterocycles. The molecule has 1 N–H and O–H groups in total. The van der Waals surface area contributed by atoms with Gasteiger partial charge in [0.1, 0.15) is 10.6 Å². The van der Waals surface area contributed by atoms with Crippen molar-refractivity contribution in [2.24, 2.45) is 0 Å². The van der Waals surface area contributed by atoms with Crippen molar-refractivity contribution in [2.75, 3.05) is 26.5 Å². The summed E-state index contributed by atoms with van der Waals surface area (Å²) in [7, 11) is 0.234. The molecule has 0 spiro atoms. The van der Waals surface area contributed by atoms with Gasteiger partial charge >= 0.3 is 5.97 Å². The standard InChI is InChI=1S/C20H24N2O6S/c1-13-7-6-8-16(11-13)21-19(23)14(2)28-20(24)15-9-10-17(27-5)18(12-15)29(25,26)22(3)4/h6-12,14H,1-5H3,(H,21,23)/t14-/m0/s1. The Bertz CT molecular complexity index is 1020. The molecule has 0 radical (unpaired) electrons. The summed E-state index contributed by atoms with van der Waals surface area (Å²) in [5.74, 6) is -1.23. The maximum atomic E-state index is 12.5. The third-order valence-corrected chi connectivity index (χ3v) is 5.93. The highest BCUT2D eigenvalue weighted by atomic mass is 32.2. The molecule has 0 saturated carbocycles. The van der Waals surface area contributed by atoms with Gasteiger partial charge in [0.05, 0.1) is 12.7 Å². The number of rotatable bonds is 7. The zero-order valence-corrected chi connectivity index (χ0v) is 17.7. The summed E-state index contributed by atoms with van der Waals surface area (Å²) in [6.45, 7) is 3.33. The molecule has 0 aliphatic heterocycles. The van der Waals surface area contributed by atoms with E-state index < -0.39 is 28.0 Å². The number of nitrogens with one attached hydrogen (secondary N) is 1. The van der Waals surface area contributed by atoms with Gasteiger partial charge in [-0.2, -0.15) is 0 Å². The van der Waals surface area contributed by atoms with E-state index in [9.17, 15) is 18.0 Å². The van der Waals surface area contributed by atoms with Crippen molar-refractivity contribution in [1.29, 1.82) is 0 Å². The molecular weight excluding hydrogens is 396 g/mol. The van der Waals surface area contributed by atoms with E-state index in [-0.39, 0.29) is 16.2 Å². The van der Waals surface area contributed by atoms with E-state index in [0.717, 1.165) is 9.87 Å². The molecule has 2 aromatic rings. The number of aryl methyl sites for hydroxylation is 1. The summed E-state index contributed by atoms with van der Waals surface area (Å²) in [5.41, 5.74) is 1.54. The first-order valence-electron chi connectivity index (χ1n) is 8.75. The Balaban J connectivity index is 2.18. The lowest BCUT2D eigenvalue weighted by atomic mass is 10.2. The monoisotopic (exact) mass is 420 g/mol. The average Bonchev–Trinajstić information content (AvgIpc) is 2.67. The third kappa shape index (κ3) is 5.33. The Hall–Kier alpha value is -2.91. The minimum absolute atomic E-state index is 0.0126. The van der Waals surface area contributed by atoms with Crippen molar-refractivity contribution in [3.8, 4) is 5.75 Å². The summed E-state index contributed by atoms with van der Waals surface area (Å²) in [4.78, 5) is 24.6. The van der Waals surface area contributed by atoms with Crippen LogP contribution >= 0.6 is 0 Å². The second kappa shape index (κ2) is 9.06. The van der Waals surface area contributed by atoms with Crippen LogP contribution in [0.25, 0.3) is 0 Å². The number of anilines is 1. The van der Waals surface area contributed by atoms with Gasteiger partial charge in [-0.05, 0) is 49.7 Å². The SMILES string of the molecule is COc1ccc(C(=O)O[C@@H](C)C(=O)Nc2cccc(C)c2)cc1S(=O)(=O)N(C)C. The Kier molecular flexibility index (Phi) is 6.99. The summed E-state index contributed by atoms with van der Waals surface area (Å²) < 4.78 is 36.3.